The van der Waals surface area contributed by atoms with Crippen LogP contribution in [0.2, 0.25) is 0 Å². The van der Waals surface area contributed by atoms with Crippen LogP contribution in [0.1, 0.15) is 83.1 Å². The van der Waals surface area contributed by atoms with Gasteiger partial charge in [0.25, 0.3) is 0 Å². The highest BCUT2D eigenvalue weighted by Crippen LogP contribution is 2.12. The number of rotatable bonds is 14. The molecule has 0 unspecified atom stereocenters. The van der Waals surface area contributed by atoms with Gasteiger partial charge in [-0.05, 0) is 18.4 Å². The second-order valence-corrected chi connectivity index (χ2v) is 6.54. The number of carbonyl (C=O) groups excluding carboxylic acids is 1. The summed E-state index contributed by atoms with van der Waals surface area (Å²) in [7, 11) is 0. The fourth-order valence-corrected chi connectivity index (χ4v) is 2.90. The van der Waals surface area contributed by atoms with Gasteiger partial charge < -0.3 is 9.90 Å². The molecule has 3 nitrogen and oxygen atoms in total. The quantitative estimate of drug-likeness (QED) is 0.388. The first-order valence-corrected chi connectivity index (χ1v) is 9.40. The number of unbranched alkanes of at least 4 members (excludes halogenated alkanes) is 10. The van der Waals surface area contributed by atoms with Gasteiger partial charge in [0, 0.05) is 12.1 Å². The second kappa shape index (κ2) is 13.1. The van der Waals surface area contributed by atoms with E-state index in [-0.39, 0.29) is 6.54 Å². The highest BCUT2D eigenvalue weighted by molar-refractivity contribution is 5.62. The smallest absolute Gasteiger partial charge is 0.187 e. The lowest BCUT2D eigenvalue weighted by molar-refractivity contribution is -0.690. The van der Waals surface area contributed by atoms with Gasteiger partial charge in [-0.3, -0.25) is 0 Å². The molecule has 0 saturated heterocycles. The number of hydrogen-bond acceptors (Lipinski definition) is 2. The molecule has 0 aliphatic heterocycles. The highest BCUT2D eigenvalue weighted by Gasteiger charge is 2.01. The fourth-order valence-electron chi connectivity index (χ4n) is 2.90. The molecule has 0 bridgehead atoms. The van der Waals surface area contributed by atoms with Crippen LogP contribution in [0.5, 0.6) is 0 Å². The number of carboxylic acid groups (broad SMARTS) is 1. The van der Waals surface area contributed by atoms with Crippen molar-refractivity contribution in [3.63, 3.8) is 0 Å². The normalized spacial score (nSPS) is 10.8. The summed E-state index contributed by atoms with van der Waals surface area (Å²) in [5, 5.41) is 10.5. The van der Waals surface area contributed by atoms with Crippen molar-refractivity contribution in [2.24, 2.45) is 0 Å². The van der Waals surface area contributed by atoms with Crippen molar-refractivity contribution in [3.8, 4) is 0 Å². The summed E-state index contributed by atoms with van der Waals surface area (Å²) in [6, 6.07) is 4.03. The minimum atomic E-state index is -1.05. The molecule has 0 aliphatic rings. The maximum absolute atomic E-state index is 10.5. The summed E-state index contributed by atoms with van der Waals surface area (Å²) in [5.74, 6) is -1.05. The molecule has 1 aromatic heterocycles. The van der Waals surface area contributed by atoms with Crippen LogP contribution >= 0.6 is 0 Å². The van der Waals surface area contributed by atoms with Gasteiger partial charge in [-0.15, -0.1) is 0 Å². The van der Waals surface area contributed by atoms with Crippen molar-refractivity contribution < 1.29 is 14.5 Å². The summed E-state index contributed by atoms with van der Waals surface area (Å²) < 4.78 is 1.64. The Hall–Kier alpha value is -1.38. The number of hydrogen-bond donors (Lipinski definition) is 0. The number of carboxylic acids is 1. The number of aryl methyl sites for hydroxylation is 1. The van der Waals surface area contributed by atoms with E-state index in [1.54, 1.807) is 4.57 Å². The van der Waals surface area contributed by atoms with E-state index in [0.29, 0.717) is 0 Å². The molecule has 0 saturated carbocycles. The number of carbonyl (C=O) groups is 1. The van der Waals surface area contributed by atoms with Crippen LogP contribution in [-0.4, -0.2) is 5.97 Å². The third-order valence-corrected chi connectivity index (χ3v) is 4.34. The maximum Gasteiger partial charge on any atom is 0.187 e. The Labute approximate surface area is 141 Å². The Morgan fingerprint density at radius 1 is 0.870 bits per heavy atom. The average molecular weight is 319 g/mol. The molecule has 1 aromatic rings. The summed E-state index contributed by atoms with van der Waals surface area (Å²) in [4.78, 5) is 10.5. The predicted molar refractivity (Wildman–Crippen MR) is 91.8 cm³/mol. The summed E-state index contributed by atoms with van der Waals surface area (Å²) >= 11 is 0. The van der Waals surface area contributed by atoms with Crippen LogP contribution in [0.25, 0.3) is 0 Å². The summed E-state index contributed by atoms with van der Waals surface area (Å²) in [6.45, 7) is 2.19. The molecule has 0 fully saturated rings. The SMILES string of the molecule is CCCCCCCCCCCCCc1cc[n+](CC(=O)[O-])cc1. The summed E-state index contributed by atoms with van der Waals surface area (Å²) in [5.41, 5.74) is 1.29. The van der Waals surface area contributed by atoms with Gasteiger partial charge in [-0.2, -0.15) is 4.57 Å². The molecule has 0 radical (unpaired) electrons. The standard InChI is InChI=1S/C20H33NO2/c1-2-3-4-5-6-7-8-9-10-11-12-13-19-14-16-21(17-15-19)18-20(22)23/h14-17H,2-13,18H2,1H3. The minimum absolute atomic E-state index is 0.0707. The zero-order valence-electron chi connectivity index (χ0n) is 14.8. The largest absolute Gasteiger partial charge is 0.544 e. The lowest BCUT2D eigenvalue weighted by atomic mass is 10.0. The molecule has 0 spiro atoms. The Balaban J connectivity index is 1.95. The predicted octanol–water partition coefficient (Wildman–Crippen LogP) is 3.58. The Bertz CT molecular complexity index is 414. The zero-order chi connectivity index (χ0) is 16.8. The molecule has 0 N–H and O–H groups in total. The van der Waals surface area contributed by atoms with Gasteiger partial charge in [0.2, 0.25) is 0 Å². The Morgan fingerprint density at radius 2 is 1.35 bits per heavy atom. The third-order valence-electron chi connectivity index (χ3n) is 4.34. The number of pyridine rings is 1. The van der Waals surface area contributed by atoms with Gasteiger partial charge in [0.1, 0.15) is 5.97 Å². The first kappa shape index (κ1) is 19.7. The number of aromatic nitrogens is 1. The fraction of sp³-hybridized carbons (Fsp3) is 0.700. The first-order chi connectivity index (χ1) is 11.2. The second-order valence-electron chi connectivity index (χ2n) is 6.54. The van der Waals surface area contributed by atoms with Crippen molar-refractivity contribution in [2.75, 3.05) is 0 Å². The van der Waals surface area contributed by atoms with Crippen molar-refractivity contribution in [1.82, 2.24) is 0 Å². The molecular weight excluding hydrogens is 286 g/mol. The number of nitrogens with zero attached hydrogens (tertiary/aromatic N) is 1. The average Bonchev–Trinajstić information content (AvgIpc) is 2.53. The molecule has 1 heterocycles. The lowest BCUT2D eigenvalue weighted by Gasteiger charge is -2.03. The molecule has 0 aromatic carbocycles. The van der Waals surface area contributed by atoms with Crippen molar-refractivity contribution in [3.05, 3.63) is 30.1 Å². The molecule has 0 aliphatic carbocycles. The lowest BCUT2D eigenvalue weighted by Crippen LogP contribution is -2.43. The number of aliphatic carboxylic acids is 1. The zero-order valence-corrected chi connectivity index (χ0v) is 14.8. The van der Waals surface area contributed by atoms with Crippen LogP contribution < -0.4 is 9.67 Å². The maximum atomic E-state index is 10.5. The molecule has 23 heavy (non-hydrogen) atoms. The van der Waals surface area contributed by atoms with E-state index in [9.17, 15) is 9.90 Å². The van der Waals surface area contributed by atoms with Gasteiger partial charge in [0.05, 0.1) is 0 Å². The molecular formula is C20H33NO2. The monoisotopic (exact) mass is 319 g/mol. The highest BCUT2D eigenvalue weighted by atomic mass is 16.4. The van der Waals surface area contributed by atoms with Crippen LogP contribution in [0.15, 0.2) is 24.5 Å². The van der Waals surface area contributed by atoms with E-state index in [1.165, 1.54) is 76.2 Å². The van der Waals surface area contributed by atoms with E-state index < -0.39 is 5.97 Å². The van der Waals surface area contributed by atoms with E-state index in [1.807, 2.05) is 24.5 Å². The first-order valence-electron chi connectivity index (χ1n) is 9.40. The van der Waals surface area contributed by atoms with Crippen molar-refractivity contribution in [1.29, 1.82) is 0 Å². The molecule has 0 amide bonds. The molecule has 0 atom stereocenters. The topological polar surface area (TPSA) is 44.0 Å². The van der Waals surface area contributed by atoms with E-state index in [2.05, 4.69) is 6.92 Å². The van der Waals surface area contributed by atoms with Crippen molar-refractivity contribution in [2.45, 2.75) is 90.5 Å². The van der Waals surface area contributed by atoms with Crippen LogP contribution in [0, 0.1) is 0 Å². The van der Waals surface area contributed by atoms with E-state index in [4.69, 9.17) is 0 Å². The molecule has 1 rings (SSSR count). The minimum Gasteiger partial charge on any atom is -0.544 e. The van der Waals surface area contributed by atoms with Crippen LogP contribution in [0.3, 0.4) is 0 Å². The molecule has 3 heteroatoms. The summed E-state index contributed by atoms with van der Waals surface area (Å²) in [6.07, 6.45) is 19.7. The van der Waals surface area contributed by atoms with Gasteiger partial charge in [-0.25, -0.2) is 0 Å². The van der Waals surface area contributed by atoms with Crippen LogP contribution in [0.4, 0.5) is 0 Å². The Morgan fingerprint density at radius 3 is 1.83 bits per heavy atom. The van der Waals surface area contributed by atoms with Gasteiger partial charge >= 0.3 is 0 Å². The Kier molecular flexibility index (Phi) is 11.2. The van der Waals surface area contributed by atoms with E-state index in [0.717, 1.165) is 6.42 Å². The van der Waals surface area contributed by atoms with Gasteiger partial charge in [-0.1, -0.05) is 71.1 Å². The van der Waals surface area contributed by atoms with Crippen LogP contribution in [-0.2, 0) is 17.8 Å². The third kappa shape index (κ3) is 10.9. The molecule has 130 valence electrons. The van der Waals surface area contributed by atoms with Crippen molar-refractivity contribution >= 4 is 5.97 Å². The van der Waals surface area contributed by atoms with E-state index >= 15 is 0 Å². The van der Waals surface area contributed by atoms with Gasteiger partial charge in [0.15, 0.2) is 18.9 Å².